The van der Waals surface area contributed by atoms with Crippen LogP contribution in [0.1, 0.15) is 16.8 Å². The summed E-state index contributed by atoms with van der Waals surface area (Å²) >= 11 is 1.31. The average molecular weight is 395 g/mol. The molecule has 1 aliphatic rings. The van der Waals surface area contributed by atoms with Crippen molar-refractivity contribution in [3.05, 3.63) is 65.4 Å². The zero-order chi connectivity index (χ0) is 19.7. The highest BCUT2D eigenvalue weighted by molar-refractivity contribution is 7.98. The van der Waals surface area contributed by atoms with Crippen LogP contribution < -0.4 is 4.72 Å². The largest absolute Gasteiger partial charge is 0.480 e. The van der Waals surface area contributed by atoms with Gasteiger partial charge in [-0.1, -0.05) is 35.9 Å². The Labute approximate surface area is 167 Å². The number of aliphatic carboxylic acids is 1. The molecule has 3 aromatic rings. The zero-order valence-corrected chi connectivity index (χ0v) is 16.3. The first-order valence-electron chi connectivity index (χ1n) is 9.12. The number of hydrogen-bond acceptors (Lipinski definition) is 3. The molecule has 1 aliphatic heterocycles. The fourth-order valence-electron chi connectivity index (χ4n) is 3.66. The molecule has 0 saturated heterocycles. The van der Waals surface area contributed by atoms with Crippen LogP contribution in [0.3, 0.4) is 0 Å². The van der Waals surface area contributed by atoms with Gasteiger partial charge in [-0.2, -0.15) is 0 Å². The number of amides is 2. The number of carboxylic acid groups (broad SMARTS) is 1. The number of benzene rings is 2. The van der Waals surface area contributed by atoms with Crippen LogP contribution in [-0.2, 0) is 24.3 Å². The summed E-state index contributed by atoms with van der Waals surface area (Å²) in [5.41, 5.74) is 4.14. The predicted octanol–water partition coefficient (Wildman–Crippen LogP) is 3.81. The number of fused-ring (bicyclic) bond motifs is 3. The summed E-state index contributed by atoms with van der Waals surface area (Å²) in [6, 6.07) is 15.6. The van der Waals surface area contributed by atoms with Crippen LogP contribution in [0.2, 0.25) is 0 Å². The summed E-state index contributed by atoms with van der Waals surface area (Å²) in [5.74, 6) is -0.863. The van der Waals surface area contributed by atoms with E-state index < -0.39 is 5.97 Å². The van der Waals surface area contributed by atoms with Crippen molar-refractivity contribution in [2.75, 3.05) is 6.54 Å². The normalized spacial score (nSPS) is 13.4. The summed E-state index contributed by atoms with van der Waals surface area (Å²) in [7, 11) is 0. The number of nitrogens with one attached hydrogen (secondary N) is 1. The molecule has 6 nitrogen and oxygen atoms in total. The highest BCUT2D eigenvalue weighted by atomic mass is 32.2. The molecule has 0 fully saturated rings. The third-order valence-corrected chi connectivity index (χ3v) is 5.80. The van der Waals surface area contributed by atoms with Gasteiger partial charge >= 0.3 is 12.0 Å². The van der Waals surface area contributed by atoms with E-state index in [1.807, 2.05) is 60.0 Å². The summed E-state index contributed by atoms with van der Waals surface area (Å²) in [4.78, 5) is 26.7. The topological polar surface area (TPSA) is 74.6 Å². The fraction of sp³-hybridized carbons (Fsp3) is 0.238. The van der Waals surface area contributed by atoms with Crippen molar-refractivity contribution in [2.24, 2.45) is 0 Å². The van der Waals surface area contributed by atoms with Gasteiger partial charge in [0, 0.05) is 46.6 Å². The number of carbonyl (C=O) groups excluding carboxylic acids is 1. The lowest BCUT2D eigenvalue weighted by Crippen LogP contribution is -2.40. The van der Waals surface area contributed by atoms with E-state index in [1.165, 1.54) is 17.5 Å². The highest BCUT2D eigenvalue weighted by Gasteiger charge is 2.27. The van der Waals surface area contributed by atoms with E-state index in [4.69, 9.17) is 0 Å². The summed E-state index contributed by atoms with van der Waals surface area (Å²) in [6.45, 7) is 3.00. The predicted molar refractivity (Wildman–Crippen MR) is 109 cm³/mol. The maximum absolute atomic E-state index is 12.7. The molecule has 7 heteroatoms. The number of aromatic nitrogens is 1. The van der Waals surface area contributed by atoms with E-state index in [1.54, 1.807) is 4.90 Å². The minimum Gasteiger partial charge on any atom is -0.480 e. The minimum absolute atomic E-state index is 0.0642. The van der Waals surface area contributed by atoms with Crippen LogP contribution >= 0.6 is 11.9 Å². The van der Waals surface area contributed by atoms with Crippen LogP contribution in [0.25, 0.3) is 10.9 Å². The summed E-state index contributed by atoms with van der Waals surface area (Å²) in [5, 5.41) is 10.3. The molecule has 0 aliphatic carbocycles. The monoisotopic (exact) mass is 395 g/mol. The first kappa shape index (κ1) is 18.4. The molecule has 28 heavy (non-hydrogen) atoms. The third kappa shape index (κ3) is 3.57. The molecule has 1 aromatic heterocycles. The van der Waals surface area contributed by atoms with Gasteiger partial charge in [0.2, 0.25) is 0 Å². The number of rotatable bonds is 4. The fourth-order valence-corrected chi connectivity index (χ4v) is 4.27. The minimum atomic E-state index is -0.863. The highest BCUT2D eigenvalue weighted by Crippen LogP contribution is 2.31. The van der Waals surface area contributed by atoms with Crippen LogP contribution in [0, 0.1) is 6.92 Å². The number of nitrogens with zero attached hydrogens (tertiary/aromatic N) is 2. The molecule has 0 bridgehead atoms. The molecule has 2 amide bonds. The number of aryl methyl sites for hydroxylation is 1. The third-order valence-electron chi connectivity index (χ3n) is 5.02. The van der Waals surface area contributed by atoms with Crippen molar-refractivity contribution in [1.29, 1.82) is 0 Å². The van der Waals surface area contributed by atoms with Gasteiger partial charge in [-0.25, -0.2) is 4.79 Å². The molecule has 0 atom stereocenters. The van der Waals surface area contributed by atoms with Crippen LogP contribution in [0.15, 0.2) is 53.4 Å². The molecule has 2 aromatic carbocycles. The van der Waals surface area contributed by atoms with Gasteiger partial charge in [0.05, 0.1) is 0 Å². The lowest BCUT2D eigenvalue weighted by atomic mass is 10.0. The van der Waals surface area contributed by atoms with Gasteiger partial charge in [-0.3, -0.25) is 9.52 Å². The van der Waals surface area contributed by atoms with Crippen molar-refractivity contribution in [1.82, 2.24) is 14.2 Å². The van der Waals surface area contributed by atoms with Crippen molar-refractivity contribution < 1.29 is 14.7 Å². The average Bonchev–Trinajstić information content (AvgIpc) is 3.00. The summed E-state index contributed by atoms with van der Waals surface area (Å²) in [6.07, 6.45) is 0.639. The van der Waals surface area contributed by atoms with E-state index in [-0.39, 0.29) is 12.6 Å². The lowest BCUT2D eigenvalue weighted by Gasteiger charge is -2.28. The second-order valence-corrected chi connectivity index (χ2v) is 7.80. The SMILES string of the molecule is Cc1ccc(SNC(=O)N2CCc3c(c4ccccc4n3CC(=O)O)C2)cc1. The molecule has 0 saturated carbocycles. The first-order chi connectivity index (χ1) is 13.5. The van der Waals surface area contributed by atoms with Crippen molar-refractivity contribution in [2.45, 2.75) is 31.3 Å². The zero-order valence-electron chi connectivity index (χ0n) is 15.5. The van der Waals surface area contributed by atoms with Crippen LogP contribution in [0.4, 0.5) is 4.79 Å². The van der Waals surface area contributed by atoms with Crippen molar-refractivity contribution in [3.8, 4) is 0 Å². The van der Waals surface area contributed by atoms with E-state index in [2.05, 4.69) is 4.72 Å². The first-order valence-corrected chi connectivity index (χ1v) is 9.94. The van der Waals surface area contributed by atoms with Gasteiger partial charge in [0.15, 0.2) is 0 Å². The van der Waals surface area contributed by atoms with E-state index in [0.29, 0.717) is 19.5 Å². The standard InChI is InChI=1S/C21H21N3O3S/c1-14-6-8-15(9-7-14)28-22-21(27)23-11-10-19-17(12-23)16-4-2-3-5-18(16)24(19)13-20(25)26/h2-9H,10-13H2,1H3,(H,22,27)(H,25,26). The molecule has 0 radical (unpaired) electrons. The van der Waals surface area contributed by atoms with Crippen molar-refractivity contribution >= 4 is 34.9 Å². The number of urea groups is 1. The smallest absolute Gasteiger partial charge is 0.327 e. The Bertz CT molecular complexity index is 1040. The number of carbonyl (C=O) groups is 2. The Morgan fingerprint density at radius 2 is 1.89 bits per heavy atom. The van der Waals surface area contributed by atoms with Gasteiger partial charge in [-0.05, 0) is 37.1 Å². The second-order valence-electron chi connectivity index (χ2n) is 6.92. The van der Waals surface area contributed by atoms with Crippen LogP contribution in [0.5, 0.6) is 0 Å². The Hall–Kier alpha value is -2.93. The number of hydrogen-bond donors (Lipinski definition) is 2. The van der Waals surface area contributed by atoms with Crippen molar-refractivity contribution in [3.63, 3.8) is 0 Å². The van der Waals surface area contributed by atoms with E-state index >= 15 is 0 Å². The van der Waals surface area contributed by atoms with Crippen LogP contribution in [-0.4, -0.2) is 33.1 Å². The Morgan fingerprint density at radius 3 is 2.64 bits per heavy atom. The Balaban J connectivity index is 1.53. The van der Waals surface area contributed by atoms with Gasteiger partial charge in [-0.15, -0.1) is 0 Å². The molecule has 0 unspecified atom stereocenters. The lowest BCUT2D eigenvalue weighted by molar-refractivity contribution is -0.137. The quantitative estimate of drug-likeness (QED) is 0.659. The molecular formula is C21H21N3O3S. The second kappa shape index (κ2) is 7.59. The molecule has 144 valence electrons. The Kier molecular flexibility index (Phi) is 5.00. The van der Waals surface area contributed by atoms with E-state index in [0.717, 1.165) is 27.1 Å². The molecule has 2 N–H and O–H groups in total. The van der Waals surface area contributed by atoms with Gasteiger partial charge < -0.3 is 14.6 Å². The van der Waals surface area contributed by atoms with Gasteiger partial charge in [0.25, 0.3) is 0 Å². The number of para-hydroxylation sites is 1. The molecule has 0 spiro atoms. The molecule has 4 rings (SSSR count). The maximum atomic E-state index is 12.7. The number of carboxylic acids is 1. The summed E-state index contributed by atoms with van der Waals surface area (Å²) < 4.78 is 4.77. The van der Waals surface area contributed by atoms with E-state index in [9.17, 15) is 14.7 Å². The molecular weight excluding hydrogens is 374 g/mol. The molecule has 2 heterocycles. The van der Waals surface area contributed by atoms with Gasteiger partial charge in [0.1, 0.15) is 6.54 Å². The Morgan fingerprint density at radius 1 is 1.14 bits per heavy atom. The maximum Gasteiger partial charge on any atom is 0.327 e.